The number of alkyl halides is 3. The highest BCUT2D eigenvalue weighted by Crippen LogP contribution is 2.51. The molecule has 2 fully saturated rings. The molecular weight excluding hydrogens is 643 g/mol. The molecule has 1 aromatic heterocycles. The fourth-order valence-corrected chi connectivity index (χ4v) is 5.35. The van der Waals surface area contributed by atoms with Gasteiger partial charge in [-0.2, -0.15) is 10.2 Å². The number of nitrogens with zero attached hydrogens (tertiary/aromatic N) is 5. The molecule has 15 heteroatoms. The highest BCUT2D eigenvalue weighted by molar-refractivity contribution is 6.00. The standard InChI is InChI=1S/C31H48FN7O5.C2H6.CH2F2/c1-9-24(39(33-7)19(2)3)28(41)36-27(26(21-10-11-21)22-12-13-22)29(42)35-23-15-34-38(17-23)16-20(18-40)14-25(32)37(8)30(43)44-31(4,5)6;1-2;2-1-3/h9,15,17-22,25-27H,7,10-14,16H2,1-6,8H3,(H,35,42)(H,36,41);1-2H3;1H2/b24-9-;;. The number of hydrogen-bond acceptors (Lipinski definition) is 8. The molecule has 3 unspecified atom stereocenters. The third-order valence-electron chi connectivity index (χ3n) is 7.79. The van der Waals surface area contributed by atoms with Crippen LogP contribution >= 0.6 is 0 Å². The van der Waals surface area contributed by atoms with Gasteiger partial charge in [-0.05, 0) is 85.0 Å². The molecule has 0 aliphatic heterocycles. The van der Waals surface area contributed by atoms with Gasteiger partial charge in [0.25, 0.3) is 5.91 Å². The lowest BCUT2D eigenvalue weighted by molar-refractivity contribution is -0.127. The molecular formula is C34H56F3N7O5. The van der Waals surface area contributed by atoms with E-state index in [4.69, 9.17) is 4.74 Å². The molecule has 12 nitrogen and oxygen atoms in total. The Morgan fingerprint density at radius 2 is 1.71 bits per heavy atom. The van der Waals surface area contributed by atoms with Crippen molar-refractivity contribution in [2.45, 2.75) is 118 Å². The van der Waals surface area contributed by atoms with Crippen molar-refractivity contribution in [1.29, 1.82) is 0 Å². The van der Waals surface area contributed by atoms with E-state index in [9.17, 15) is 32.3 Å². The topological polar surface area (TPSA) is 138 Å². The van der Waals surface area contributed by atoms with Crippen LogP contribution in [0.4, 0.5) is 23.7 Å². The number of aldehydes is 1. The van der Waals surface area contributed by atoms with Crippen molar-refractivity contribution in [3.8, 4) is 0 Å². The number of anilines is 1. The van der Waals surface area contributed by atoms with E-state index in [-0.39, 0.29) is 30.8 Å². The lowest BCUT2D eigenvalue weighted by atomic mass is 9.88. The molecule has 2 saturated carbocycles. The molecule has 1 aromatic rings. The molecule has 0 radical (unpaired) electrons. The molecule has 0 saturated heterocycles. The van der Waals surface area contributed by atoms with E-state index in [1.165, 1.54) is 22.9 Å². The normalized spacial score (nSPS) is 16.2. The SMILES string of the molecule is C=NN(/C(=C\C)C(=O)NC(C(=O)Nc1cnn(CC(C=O)CC(F)N(C)C(=O)OC(C)(C)C)c1)C(C1CC1)C1CC1)C(C)C.CC.FCF. The molecule has 0 bridgehead atoms. The Labute approximate surface area is 288 Å². The highest BCUT2D eigenvalue weighted by Gasteiger charge is 2.48. The van der Waals surface area contributed by atoms with E-state index >= 15 is 0 Å². The van der Waals surface area contributed by atoms with E-state index in [0.717, 1.165) is 30.6 Å². The molecule has 2 aliphatic rings. The Morgan fingerprint density at radius 1 is 1.16 bits per heavy atom. The fraction of sp³-hybridized carbons (Fsp3) is 0.706. The van der Waals surface area contributed by atoms with Crippen LogP contribution in [-0.4, -0.2) is 88.6 Å². The third kappa shape index (κ3) is 14.2. The van der Waals surface area contributed by atoms with Crippen LogP contribution in [0.15, 0.2) is 29.3 Å². The first-order valence-electron chi connectivity index (χ1n) is 16.8. The van der Waals surface area contributed by atoms with Gasteiger partial charge in [-0.15, -0.1) is 0 Å². The minimum Gasteiger partial charge on any atom is -0.444 e. The summed E-state index contributed by atoms with van der Waals surface area (Å²) in [6.07, 6.45) is 6.54. The number of ether oxygens (including phenoxy) is 1. The van der Waals surface area contributed by atoms with Crippen molar-refractivity contribution in [3.63, 3.8) is 0 Å². The second-order valence-electron chi connectivity index (χ2n) is 13.2. The minimum absolute atomic E-state index is 0.0131. The predicted octanol–water partition coefficient (Wildman–Crippen LogP) is 6.25. The van der Waals surface area contributed by atoms with Crippen LogP contribution in [0.2, 0.25) is 0 Å². The number of halogens is 3. The first-order chi connectivity index (χ1) is 23.1. The molecule has 3 atom stereocenters. The summed E-state index contributed by atoms with van der Waals surface area (Å²) in [5, 5.41) is 15.6. The number of hydrogen-bond donors (Lipinski definition) is 2. The third-order valence-corrected chi connectivity index (χ3v) is 7.79. The molecule has 3 rings (SSSR count). The van der Waals surface area contributed by atoms with Gasteiger partial charge in [-0.1, -0.05) is 19.9 Å². The largest absolute Gasteiger partial charge is 0.444 e. The second-order valence-corrected chi connectivity index (χ2v) is 13.2. The molecule has 1 heterocycles. The zero-order valence-corrected chi connectivity index (χ0v) is 30.4. The van der Waals surface area contributed by atoms with Gasteiger partial charge in [0.1, 0.15) is 23.6 Å². The lowest BCUT2D eigenvalue weighted by Crippen LogP contribution is -2.51. The first-order valence-corrected chi connectivity index (χ1v) is 16.8. The van der Waals surface area contributed by atoms with E-state index in [0.29, 0.717) is 29.5 Å². The number of carbonyl (C=O) groups excluding carboxylic acids is 4. The number of allylic oxidation sites excluding steroid dienone is 1. The van der Waals surface area contributed by atoms with E-state index < -0.39 is 42.8 Å². The van der Waals surface area contributed by atoms with Crippen LogP contribution in [0.5, 0.6) is 0 Å². The van der Waals surface area contributed by atoms with Gasteiger partial charge in [-0.3, -0.25) is 24.2 Å². The quantitative estimate of drug-likeness (QED) is 0.0684. The first kappa shape index (κ1) is 43.1. The summed E-state index contributed by atoms with van der Waals surface area (Å²) in [6.45, 7) is 16.5. The van der Waals surface area contributed by atoms with Gasteiger partial charge in [0.15, 0.2) is 6.30 Å². The van der Waals surface area contributed by atoms with Crippen molar-refractivity contribution in [2.24, 2.45) is 28.8 Å². The summed E-state index contributed by atoms with van der Waals surface area (Å²) < 4.78 is 40.8. The van der Waals surface area contributed by atoms with Gasteiger partial charge >= 0.3 is 6.09 Å². The predicted molar refractivity (Wildman–Crippen MR) is 184 cm³/mol. The van der Waals surface area contributed by atoms with Gasteiger partial charge < -0.3 is 20.2 Å². The van der Waals surface area contributed by atoms with Gasteiger partial charge in [0.2, 0.25) is 12.8 Å². The Hall–Kier alpha value is -3.91. The number of carbonyl (C=O) groups is 4. The van der Waals surface area contributed by atoms with Crippen LogP contribution < -0.4 is 10.6 Å². The smallest absolute Gasteiger partial charge is 0.412 e. The maximum atomic E-state index is 14.9. The van der Waals surface area contributed by atoms with Crippen molar-refractivity contribution in [2.75, 3.05) is 19.3 Å². The second kappa shape index (κ2) is 20.6. The summed E-state index contributed by atoms with van der Waals surface area (Å²) in [5.41, 5.74) is -0.0831. The van der Waals surface area contributed by atoms with Crippen molar-refractivity contribution >= 4 is 36.6 Å². The molecule has 49 heavy (non-hydrogen) atoms. The van der Waals surface area contributed by atoms with Crippen LogP contribution in [0.1, 0.15) is 87.5 Å². The van der Waals surface area contributed by atoms with Crippen LogP contribution in [0.3, 0.4) is 0 Å². The maximum Gasteiger partial charge on any atom is 0.412 e. The van der Waals surface area contributed by atoms with Crippen molar-refractivity contribution in [1.82, 2.24) is 25.0 Å². The molecule has 2 aliphatic carbocycles. The number of nitrogens with one attached hydrogen (secondary N) is 2. The maximum absolute atomic E-state index is 14.9. The highest BCUT2D eigenvalue weighted by atomic mass is 19.3. The Bertz CT molecular complexity index is 1230. The summed E-state index contributed by atoms with van der Waals surface area (Å²) in [7, 11) is 1.28. The van der Waals surface area contributed by atoms with Crippen LogP contribution in [0, 0.1) is 23.7 Å². The molecule has 0 spiro atoms. The van der Waals surface area contributed by atoms with Crippen molar-refractivity contribution < 1.29 is 37.1 Å². The molecule has 278 valence electrons. The van der Waals surface area contributed by atoms with Gasteiger partial charge in [0, 0.05) is 38.3 Å². The number of rotatable bonds is 16. The fourth-order valence-electron chi connectivity index (χ4n) is 5.35. The van der Waals surface area contributed by atoms with Crippen LogP contribution in [-0.2, 0) is 25.7 Å². The van der Waals surface area contributed by atoms with E-state index in [1.807, 2.05) is 27.7 Å². The Balaban J connectivity index is 0.00000227. The van der Waals surface area contributed by atoms with E-state index in [1.54, 1.807) is 40.0 Å². The minimum atomic E-state index is -1.75. The molecule has 2 N–H and O–H groups in total. The van der Waals surface area contributed by atoms with Crippen molar-refractivity contribution in [3.05, 3.63) is 24.2 Å². The van der Waals surface area contributed by atoms with E-state index in [2.05, 4.69) is 27.6 Å². The zero-order valence-electron chi connectivity index (χ0n) is 30.4. The summed E-state index contributed by atoms with van der Waals surface area (Å²) in [4.78, 5) is 52.0. The lowest BCUT2D eigenvalue weighted by Gasteiger charge is -2.30. The average Bonchev–Trinajstić information content (AvgIpc) is 3.99. The number of hydrazone groups is 1. The summed E-state index contributed by atoms with van der Waals surface area (Å²) in [6, 6.07) is -0.871. The monoisotopic (exact) mass is 699 g/mol. The van der Waals surface area contributed by atoms with Gasteiger partial charge in [0.05, 0.1) is 18.4 Å². The zero-order chi connectivity index (χ0) is 37.5. The number of amides is 3. The average molecular weight is 700 g/mol. The van der Waals surface area contributed by atoms with Crippen LogP contribution in [0.25, 0.3) is 0 Å². The Morgan fingerprint density at radius 3 is 2.14 bits per heavy atom. The number of aromatic nitrogens is 2. The molecule has 3 amide bonds. The molecule has 0 aromatic carbocycles. The Kier molecular flexibility index (Phi) is 18.1. The summed E-state index contributed by atoms with van der Waals surface area (Å²) in [5.74, 6) is -0.790. The summed E-state index contributed by atoms with van der Waals surface area (Å²) >= 11 is 0. The van der Waals surface area contributed by atoms with Gasteiger partial charge in [-0.25, -0.2) is 18.0 Å².